The fourth-order valence-corrected chi connectivity index (χ4v) is 3.13. The van der Waals surface area contributed by atoms with Crippen LogP contribution in [0.15, 0.2) is 29.4 Å². The van der Waals surface area contributed by atoms with Gasteiger partial charge < -0.3 is 19.4 Å². The minimum absolute atomic E-state index is 0.0388. The van der Waals surface area contributed by atoms with Crippen LogP contribution in [-0.2, 0) is 16.1 Å². The summed E-state index contributed by atoms with van der Waals surface area (Å²) in [5, 5.41) is 12.2. The zero-order valence-electron chi connectivity index (χ0n) is 15.5. The lowest BCUT2D eigenvalue weighted by atomic mass is 10.2. The van der Waals surface area contributed by atoms with Gasteiger partial charge in [-0.15, -0.1) is 10.2 Å². The highest BCUT2D eigenvalue weighted by Crippen LogP contribution is 2.26. The van der Waals surface area contributed by atoms with Gasteiger partial charge in [-0.05, 0) is 30.7 Å². The van der Waals surface area contributed by atoms with Crippen LogP contribution in [0.1, 0.15) is 19.8 Å². The van der Waals surface area contributed by atoms with Crippen LogP contribution >= 0.6 is 11.8 Å². The van der Waals surface area contributed by atoms with Crippen molar-refractivity contribution in [2.75, 3.05) is 33.1 Å². The van der Waals surface area contributed by atoms with Crippen LogP contribution in [0.4, 0.5) is 0 Å². The number of aromatic nitrogens is 3. The lowest BCUT2D eigenvalue weighted by Gasteiger charge is -2.10. The number of carbonyl (C=O) groups excluding carboxylic acids is 1. The van der Waals surface area contributed by atoms with Crippen molar-refractivity contribution in [1.29, 1.82) is 0 Å². The number of hydrogen-bond acceptors (Lipinski definition) is 6. The largest absolute Gasteiger partial charge is 0.497 e. The number of hydrogen-bond donors (Lipinski definition) is 1. The van der Waals surface area contributed by atoms with Gasteiger partial charge in [0.2, 0.25) is 5.91 Å². The lowest BCUT2D eigenvalue weighted by Crippen LogP contribution is -2.28. The summed E-state index contributed by atoms with van der Waals surface area (Å²) >= 11 is 1.40. The molecule has 2 rings (SSSR count). The van der Waals surface area contributed by atoms with Crippen LogP contribution in [0.5, 0.6) is 5.75 Å². The Morgan fingerprint density at radius 2 is 2.00 bits per heavy atom. The molecule has 142 valence electrons. The number of thioether (sulfide) groups is 1. The SMILES string of the molecule is CCCCn1c(SCC(=O)NCCOC)nnc1-c1ccc(OC)cc1. The molecular weight excluding hydrogens is 352 g/mol. The third-order valence-electron chi connectivity index (χ3n) is 3.76. The van der Waals surface area contributed by atoms with E-state index in [4.69, 9.17) is 9.47 Å². The van der Waals surface area contributed by atoms with Crippen molar-refractivity contribution in [2.24, 2.45) is 0 Å². The maximum absolute atomic E-state index is 11.9. The van der Waals surface area contributed by atoms with E-state index in [-0.39, 0.29) is 5.91 Å². The Balaban J connectivity index is 2.10. The van der Waals surface area contributed by atoms with Crippen LogP contribution in [0.3, 0.4) is 0 Å². The van der Waals surface area contributed by atoms with E-state index in [1.807, 2.05) is 24.3 Å². The third-order valence-corrected chi connectivity index (χ3v) is 4.73. The Morgan fingerprint density at radius 1 is 1.23 bits per heavy atom. The van der Waals surface area contributed by atoms with Gasteiger partial charge in [0, 0.05) is 25.8 Å². The summed E-state index contributed by atoms with van der Waals surface area (Å²) in [4.78, 5) is 11.9. The molecule has 0 aliphatic heterocycles. The fourth-order valence-electron chi connectivity index (χ4n) is 2.34. The van der Waals surface area contributed by atoms with Crippen LogP contribution in [0.25, 0.3) is 11.4 Å². The average molecular weight is 378 g/mol. The van der Waals surface area contributed by atoms with Gasteiger partial charge in [0.05, 0.1) is 19.5 Å². The minimum Gasteiger partial charge on any atom is -0.497 e. The molecule has 1 N–H and O–H groups in total. The molecule has 0 bridgehead atoms. The average Bonchev–Trinajstić information content (AvgIpc) is 3.07. The smallest absolute Gasteiger partial charge is 0.230 e. The third kappa shape index (κ3) is 5.74. The monoisotopic (exact) mass is 378 g/mol. The van der Waals surface area contributed by atoms with E-state index < -0.39 is 0 Å². The first-order chi connectivity index (χ1) is 12.7. The van der Waals surface area contributed by atoms with Gasteiger partial charge in [0.1, 0.15) is 5.75 Å². The number of carbonyl (C=O) groups is 1. The Morgan fingerprint density at radius 3 is 2.65 bits per heavy atom. The van der Waals surface area contributed by atoms with E-state index in [2.05, 4.69) is 27.0 Å². The van der Waals surface area contributed by atoms with Gasteiger partial charge in [-0.2, -0.15) is 0 Å². The number of amides is 1. The highest BCUT2D eigenvalue weighted by molar-refractivity contribution is 7.99. The molecule has 2 aromatic rings. The molecule has 0 aliphatic carbocycles. The van der Waals surface area contributed by atoms with Crippen LogP contribution in [0, 0.1) is 0 Å². The second-order valence-electron chi connectivity index (χ2n) is 5.67. The second-order valence-corrected chi connectivity index (χ2v) is 6.61. The number of methoxy groups -OCH3 is 2. The Hall–Kier alpha value is -2.06. The van der Waals surface area contributed by atoms with E-state index in [9.17, 15) is 4.79 Å². The normalized spacial score (nSPS) is 10.7. The zero-order chi connectivity index (χ0) is 18.8. The molecule has 26 heavy (non-hydrogen) atoms. The predicted octanol–water partition coefficient (Wildman–Crippen LogP) is 2.61. The maximum atomic E-state index is 11.9. The Labute approximate surface area is 158 Å². The van der Waals surface area contributed by atoms with E-state index in [1.54, 1.807) is 14.2 Å². The number of rotatable bonds is 11. The van der Waals surface area contributed by atoms with Crippen molar-refractivity contribution < 1.29 is 14.3 Å². The van der Waals surface area contributed by atoms with Crippen LogP contribution in [-0.4, -0.2) is 53.8 Å². The number of nitrogens with one attached hydrogen (secondary N) is 1. The standard InChI is InChI=1S/C18H26N4O3S/c1-4-5-11-22-17(14-6-8-15(25-3)9-7-14)20-21-18(22)26-13-16(23)19-10-12-24-2/h6-9H,4-5,10-13H2,1-3H3,(H,19,23). The van der Waals surface area contributed by atoms with E-state index in [0.29, 0.717) is 18.9 Å². The van der Waals surface area contributed by atoms with Gasteiger partial charge in [0.25, 0.3) is 0 Å². The predicted molar refractivity (Wildman–Crippen MR) is 103 cm³/mol. The summed E-state index contributed by atoms with van der Waals surface area (Å²) < 4.78 is 12.2. The lowest BCUT2D eigenvalue weighted by molar-refractivity contribution is -0.118. The van der Waals surface area contributed by atoms with Gasteiger partial charge in [0.15, 0.2) is 11.0 Å². The fraction of sp³-hybridized carbons (Fsp3) is 0.500. The molecular formula is C18H26N4O3S. The highest BCUT2D eigenvalue weighted by atomic mass is 32.2. The van der Waals surface area contributed by atoms with Crippen molar-refractivity contribution >= 4 is 17.7 Å². The van der Waals surface area contributed by atoms with Crippen molar-refractivity contribution in [3.05, 3.63) is 24.3 Å². The second kappa shape index (κ2) is 10.8. The van der Waals surface area contributed by atoms with Gasteiger partial charge in [-0.1, -0.05) is 25.1 Å². The summed E-state index contributed by atoms with van der Waals surface area (Å²) in [5.41, 5.74) is 0.978. The molecule has 0 atom stereocenters. The molecule has 0 radical (unpaired) electrons. The molecule has 0 fully saturated rings. The Kier molecular flexibility index (Phi) is 8.43. The molecule has 1 heterocycles. The number of unbranched alkanes of at least 4 members (excludes halogenated alkanes) is 1. The van der Waals surface area contributed by atoms with Gasteiger partial charge in [-0.3, -0.25) is 4.79 Å². The van der Waals surface area contributed by atoms with Gasteiger partial charge >= 0.3 is 0 Å². The number of nitrogens with zero attached hydrogens (tertiary/aromatic N) is 3. The van der Waals surface area contributed by atoms with E-state index in [1.165, 1.54) is 11.8 Å². The first-order valence-corrected chi connectivity index (χ1v) is 9.64. The molecule has 1 aromatic heterocycles. The topological polar surface area (TPSA) is 78.3 Å². The number of benzene rings is 1. The van der Waals surface area contributed by atoms with Crippen LogP contribution in [0.2, 0.25) is 0 Å². The molecule has 7 nitrogen and oxygen atoms in total. The summed E-state index contributed by atoms with van der Waals surface area (Å²) in [6.45, 7) is 3.98. The summed E-state index contributed by atoms with van der Waals surface area (Å²) in [7, 11) is 3.25. The first-order valence-electron chi connectivity index (χ1n) is 8.65. The molecule has 0 saturated heterocycles. The van der Waals surface area contributed by atoms with E-state index in [0.717, 1.165) is 41.7 Å². The zero-order valence-corrected chi connectivity index (χ0v) is 16.3. The quantitative estimate of drug-likeness (QED) is 0.478. The summed E-state index contributed by atoms with van der Waals surface area (Å²) in [6.07, 6.45) is 2.09. The Bertz CT molecular complexity index is 688. The van der Waals surface area contributed by atoms with Crippen LogP contribution < -0.4 is 10.1 Å². The molecule has 1 aromatic carbocycles. The van der Waals surface area contributed by atoms with E-state index >= 15 is 0 Å². The summed E-state index contributed by atoms with van der Waals surface area (Å²) in [5.74, 6) is 1.87. The molecule has 1 amide bonds. The van der Waals surface area contributed by atoms with Crippen molar-refractivity contribution in [1.82, 2.24) is 20.1 Å². The van der Waals surface area contributed by atoms with Crippen molar-refractivity contribution in [3.63, 3.8) is 0 Å². The van der Waals surface area contributed by atoms with Crippen molar-refractivity contribution in [3.8, 4) is 17.1 Å². The number of ether oxygens (including phenoxy) is 2. The molecule has 0 spiro atoms. The molecule has 0 aliphatic rings. The van der Waals surface area contributed by atoms with Crippen molar-refractivity contribution in [2.45, 2.75) is 31.5 Å². The van der Waals surface area contributed by atoms with Gasteiger partial charge in [-0.25, -0.2) is 0 Å². The minimum atomic E-state index is -0.0388. The molecule has 0 unspecified atom stereocenters. The maximum Gasteiger partial charge on any atom is 0.230 e. The first kappa shape index (κ1) is 20.3. The highest BCUT2D eigenvalue weighted by Gasteiger charge is 2.15. The molecule has 8 heteroatoms. The molecule has 0 saturated carbocycles. The summed E-state index contributed by atoms with van der Waals surface area (Å²) in [6, 6.07) is 7.75.